The number of imidazole rings is 1. The molecule has 5 nitrogen and oxygen atoms in total. The number of aromatic nitrogens is 2. The third-order valence-corrected chi connectivity index (χ3v) is 5.45. The molecule has 4 rings (SSSR count). The van der Waals surface area contributed by atoms with E-state index in [4.69, 9.17) is 16.3 Å². The van der Waals surface area contributed by atoms with Crippen LogP contribution < -0.4 is 4.74 Å². The lowest BCUT2D eigenvalue weighted by molar-refractivity contribution is -0.131. The highest BCUT2D eigenvalue weighted by Gasteiger charge is 2.14. The Kier molecular flexibility index (Phi) is 6.07. The second-order valence-corrected chi connectivity index (χ2v) is 7.89. The maximum atomic E-state index is 11.9. The molecule has 0 fully saturated rings. The molecule has 0 amide bonds. The average Bonchev–Trinajstić information content (AvgIpc) is 3.16. The zero-order valence-electron chi connectivity index (χ0n) is 15.7. The number of nitrogens with zero attached hydrogens (tertiary/aromatic N) is 1. The lowest BCUT2D eigenvalue weighted by atomic mass is 10.2. The number of para-hydroxylation sites is 3. The van der Waals surface area contributed by atoms with Crippen molar-refractivity contribution >= 4 is 46.4 Å². The van der Waals surface area contributed by atoms with Crippen LogP contribution in [-0.4, -0.2) is 21.0 Å². The van der Waals surface area contributed by atoms with E-state index in [1.165, 1.54) is 0 Å². The van der Waals surface area contributed by atoms with Crippen LogP contribution in [0.2, 0.25) is 5.02 Å². The number of H-pyrrole nitrogens is 1. The van der Waals surface area contributed by atoms with Gasteiger partial charge in [0.25, 0.3) is 0 Å². The normalized spacial score (nSPS) is 11.6. The molecule has 0 aliphatic rings. The summed E-state index contributed by atoms with van der Waals surface area (Å²) in [4.78, 5) is 19.6. The third kappa shape index (κ3) is 4.84. The molecule has 0 spiro atoms. The summed E-state index contributed by atoms with van der Waals surface area (Å²) >= 11 is 6.99. The van der Waals surface area contributed by atoms with Crippen molar-refractivity contribution < 1.29 is 14.6 Å². The number of nitrogens with one attached hydrogen (secondary N) is 1. The van der Waals surface area contributed by atoms with Crippen LogP contribution in [0.15, 0.2) is 82.9 Å². The third-order valence-electron chi connectivity index (χ3n) is 4.30. The van der Waals surface area contributed by atoms with Gasteiger partial charge in [0, 0.05) is 10.6 Å². The van der Waals surface area contributed by atoms with Crippen LogP contribution in [0.4, 0.5) is 0 Å². The van der Waals surface area contributed by atoms with Gasteiger partial charge in [0.15, 0.2) is 5.16 Å². The van der Waals surface area contributed by atoms with Crippen molar-refractivity contribution in [3.63, 3.8) is 0 Å². The van der Waals surface area contributed by atoms with Crippen molar-refractivity contribution in [2.45, 2.75) is 11.8 Å². The van der Waals surface area contributed by atoms with E-state index >= 15 is 0 Å². The van der Waals surface area contributed by atoms with Gasteiger partial charge in [0.05, 0.1) is 11.0 Å². The smallest absolute Gasteiger partial charge is 0.342 e. The molecule has 0 radical (unpaired) electrons. The fourth-order valence-corrected chi connectivity index (χ4v) is 3.74. The van der Waals surface area contributed by atoms with Crippen LogP contribution in [0.3, 0.4) is 0 Å². The first kappa shape index (κ1) is 20.1. The quantitative estimate of drug-likeness (QED) is 0.274. The molecule has 0 aliphatic heterocycles. The van der Waals surface area contributed by atoms with Crippen molar-refractivity contribution in [3.05, 3.63) is 93.9 Å². The molecule has 7 heteroatoms. The Hall–Kier alpha value is -3.22. The number of halogens is 1. The van der Waals surface area contributed by atoms with E-state index in [1.807, 2.05) is 60.7 Å². The first-order valence-corrected chi connectivity index (χ1v) is 10.3. The number of hydrogen-bond acceptors (Lipinski definition) is 4. The Labute approximate surface area is 182 Å². The Balaban J connectivity index is 1.57. The van der Waals surface area contributed by atoms with E-state index in [2.05, 4.69) is 9.97 Å². The zero-order chi connectivity index (χ0) is 20.9. The largest absolute Gasteiger partial charge is 0.488 e. The van der Waals surface area contributed by atoms with Crippen LogP contribution in [-0.2, 0) is 11.4 Å². The molecular formula is C23H17ClN2O3S. The number of carboxylic acids is 1. The second-order valence-electron chi connectivity index (χ2n) is 6.43. The van der Waals surface area contributed by atoms with Crippen LogP contribution >= 0.6 is 23.4 Å². The van der Waals surface area contributed by atoms with E-state index in [1.54, 1.807) is 18.2 Å². The van der Waals surface area contributed by atoms with Gasteiger partial charge in [-0.25, -0.2) is 9.78 Å². The van der Waals surface area contributed by atoms with Crippen molar-refractivity contribution in [1.82, 2.24) is 9.97 Å². The molecule has 0 saturated carbocycles. The lowest BCUT2D eigenvalue weighted by Crippen LogP contribution is -1.99. The Morgan fingerprint density at radius 1 is 1.07 bits per heavy atom. The summed E-state index contributed by atoms with van der Waals surface area (Å²) in [5.41, 5.74) is 3.29. The fourth-order valence-electron chi connectivity index (χ4n) is 2.83. The highest BCUT2D eigenvalue weighted by atomic mass is 35.5. The van der Waals surface area contributed by atoms with Gasteiger partial charge in [-0.3, -0.25) is 0 Å². The Bertz CT molecular complexity index is 1190. The van der Waals surface area contributed by atoms with E-state index < -0.39 is 5.97 Å². The van der Waals surface area contributed by atoms with Crippen molar-refractivity contribution in [1.29, 1.82) is 0 Å². The molecule has 3 aromatic carbocycles. The van der Waals surface area contributed by atoms with Crippen LogP contribution in [0, 0.1) is 0 Å². The number of thioether (sulfide) groups is 1. The number of benzene rings is 3. The fraction of sp³-hybridized carbons (Fsp3) is 0.0435. The first-order chi connectivity index (χ1) is 14.6. The number of hydrogen-bond donors (Lipinski definition) is 2. The summed E-state index contributed by atoms with van der Waals surface area (Å²) < 4.78 is 5.93. The number of carboxylic acid groups (broad SMARTS) is 1. The topological polar surface area (TPSA) is 75.2 Å². The molecule has 0 saturated heterocycles. The minimum Gasteiger partial charge on any atom is -0.488 e. The molecule has 4 aromatic rings. The summed E-state index contributed by atoms with van der Waals surface area (Å²) in [6, 6.07) is 22.3. The molecule has 150 valence electrons. The Morgan fingerprint density at radius 2 is 1.80 bits per heavy atom. The first-order valence-electron chi connectivity index (χ1n) is 9.12. The van der Waals surface area contributed by atoms with Gasteiger partial charge in [0.2, 0.25) is 0 Å². The van der Waals surface area contributed by atoms with Gasteiger partial charge in [-0.1, -0.05) is 54.1 Å². The van der Waals surface area contributed by atoms with Gasteiger partial charge < -0.3 is 14.8 Å². The lowest BCUT2D eigenvalue weighted by Gasteiger charge is -2.10. The average molecular weight is 437 g/mol. The minimum absolute atomic E-state index is 0.136. The minimum atomic E-state index is -1.03. The number of rotatable bonds is 7. The van der Waals surface area contributed by atoms with Gasteiger partial charge in [-0.05, 0) is 53.7 Å². The monoisotopic (exact) mass is 436 g/mol. The SMILES string of the molecule is O=C(O)/C(=C/c1ccccc1OCc1ccc(Cl)cc1)Sc1nc2ccccc2[nH]1. The maximum absolute atomic E-state index is 11.9. The highest BCUT2D eigenvalue weighted by molar-refractivity contribution is 8.04. The number of ether oxygens (including phenoxy) is 1. The molecule has 0 unspecified atom stereocenters. The number of aromatic amines is 1. The molecule has 1 heterocycles. The highest BCUT2D eigenvalue weighted by Crippen LogP contribution is 2.30. The second kappa shape index (κ2) is 9.07. The summed E-state index contributed by atoms with van der Waals surface area (Å²) in [5.74, 6) is -0.440. The number of carbonyl (C=O) groups is 1. The van der Waals surface area contributed by atoms with Gasteiger partial charge in [-0.15, -0.1) is 0 Å². The Morgan fingerprint density at radius 3 is 2.57 bits per heavy atom. The van der Waals surface area contributed by atoms with E-state index in [0.717, 1.165) is 28.4 Å². The predicted octanol–water partition coefficient (Wildman–Crippen LogP) is 6.01. The number of aliphatic carboxylic acids is 1. The molecule has 0 bridgehead atoms. The number of fused-ring (bicyclic) bond motifs is 1. The van der Waals surface area contributed by atoms with Gasteiger partial charge >= 0.3 is 5.97 Å². The summed E-state index contributed by atoms with van der Waals surface area (Å²) in [6.45, 7) is 0.348. The summed E-state index contributed by atoms with van der Waals surface area (Å²) in [6.07, 6.45) is 1.59. The molecular weight excluding hydrogens is 420 g/mol. The van der Waals surface area contributed by atoms with Gasteiger partial charge in [-0.2, -0.15) is 0 Å². The maximum Gasteiger partial charge on any atom is 0.342 e. The van der Waals surface area contributed by atoms with E-state index in [9.17, 15) is 9.90 Å². The van der Waals surface area contributed by atoms with Crippen molar-refractivity contribution in [2.24, 2.45) is 0 Å². The van der Waals surface area contributed by atoms with E-state index in [0.29, 0.717) is 28.1 Å². The molecule has 1 aromatic heterocycles. The standard InChI is InChI=1S/C23H17ClN2O3S/c24-17-11-9-15(10-12-17)14-29-20-8-4-1-5-16(20)13-21(22(27)28)30-23-25-18-6-2-3-7-19(18)26-23/h1-13H,14H2,(H,25,26)(H,27,28)/b21-13-. The molecule has 0 aliphatic carbocycles. The summed E-state index contributed by atoms with van der Waals surface area (Å²) in [7, 11) is 0. The van der Waals surface area contributed by atoms with Crippen molar-refractivity contribution in [3.8, 4) is 5.75 Å². The van der Waals surface area contributed by atoms with E-state index in [-0.39, 0.29) is 4.91 Å². The van der Waals surface area contributed by atoms with Crippen LogP contribution in [0.1, 0.15) is 11.1 Å². The van der Waals surface area contributed by atoms with Crippen LogP contribution in [0.25, 0.3) is 17.1 Å². The molecule has 30 heavy (non-hydrogen) atoms. The molecule has 2 N–H and O–H groups in total. The van der Waals surface area contributed by atoms with Gasteiger partial charge in [0.1, 0.15) is 17.3 Å². The molecule has 0 atom stereocenters. The zero-order valence-corrected chi connectivity index (χ0v) is 17.3. The van der Waals surface area contributed by atoms with Crippen molar-refractivity contribution in [2.75, 3.05) is 0 Å². The predicted molar refractivity (Wildman–Crippen MR) is 120 cm³/mol. The summed E-state index contributed by atoms with van der Waals surface area (Å²) in [5, 5.41) is 10.9. The van der Waals surface area contributed by atoms with Crippen LogP contribution in [0.5, 0.6) is 5.75 Å².